The van der Waals surface area contributed by atoms with Crippen LogP contribution in [0.15, 0.2) is 59.5 Å². The molecule has 0 amide bonds. The second-order valence-electron chi connectivity index (χ2n) is 5.19. The normalized spacial score (nSPS) is 14.2. The molecule has 0 fully saturated rings. The topological polar surface area (TPSA) is 110 Å². The highest BCUT2D eigenvalue weighted by Crippen LogP contribution is 2.27. The third kappa shape index (κ3) is 3.55. The minimum Gasteiger partial charge on any atom is -0.394 e. The predicted molar refractivity (Wildman–Crippen MR) is 84.3 cm³/mol. The third-order valence-electron chi connectivity index (χ3n) is 3.44. The molecule has 0 aliphatic carbocycles. The fraction of sp³-hybridized carbons (Fsp3) is 0.200. The van der Waals surface area contributed by atoms with E-state index in [0.29, 0.717) is 5.56 Å². The van der Waals surface area contributed by atoms with Crippen molar-refractivity contribution in [1.82, 2.24) is 4.72 Å². The number of aliphatic hydroxyl groups excluding tert-OH is 1. The maximum absolute atomic E-state index is 12.6. The van der Waals surface area contributed by atoms with Crippen LogP contribution in [-0.4, -0.2) is 25.1 Å². The van der Waals surface area contributed by atoms with Crippen molar-refractivity contribution in [3.63, 3.8) is 0 Å². The molecule has 1 unspecified atom stereocenters. The summed E-state index contributed by atoms with van der Waals surface area (Å²) in [5, 5.41) is 20.7. The van der Waals surface area contributed by atoms with Crippen molar-refractivity contribution in [2.24, 2.45) is 0 Å². The number of hydrogen-bond acceptors (Lipinski definition) is 5. The molecule has 0 heterocycles. The zero-order valence-electron chi connectivity index (χ0n) is 12.3. The van der Waals surface area contributed by atoms with E-state index in [4.69, 9.17) is 0 Å². The molecular formula is C15H16N2O5S. The lowest BCUT2D eigenvalue weighted by atomic mass is 9.94. The summed E-state index contributed by atoms with van der Waals surface area (Å²) in [6, 6.07) is 13.6. The van der Waals surface area contributed by atoms with Gasteiger partial charge in [-0.15, -0.1) is 0 Å². The SMILES string of the molecule is CC(CO)(NS(=O)(=O)c1ccccc1[N+](=O)[O-])c1ccccc1. The summed E-state index contributed by atoms with van der Waals surface area (Å²) in [6.45, 7) is 1.01. The van der Waals surface area contributed by atoms with Gasteiger partial charge in [0, 0.05) is 6.07 Å². The second-order valence-corrected chi connectivity index (χ2v) is 6.84. The molecule has 122 valence electrons. The molecule has 2 aromatic rings. The number of aliphatic hydroxyl groups is 1. The summed E-state index contributed by atoms with van der Waals surface area (Å²) in [4.78, 5) is 9.84. The minimum absolute atomic E-state index is 0.444. The van der Waals surface area contributed by atoms with E-state index in [1.54, 1.807) is 30.3 Å². The van der Waals surface area contributed by atoms with Crippen molar-refractivity contribution in [2.45, 2.75) is 17.4 Å². The fourth-order valence-corrected chi connectivity index (χ4v) is 3.74. The standard InChI is InChI=1S/C15H16N2O5S/c1-15(11-18,12-7-3-2-4-8-12)16-23(21,22)14-10-6-5-9-13(14)17(19)20/h2-10,16,18H,11H2,1H3. The van der Waals surface area contributed by atoms with Gasteiger partial charge in [0.2, 0.25) is 10.0 Å². The Kier molecular flexibility index (Phi) is 4.79. The van der Waals surface area contributed by atoms with E-state index in [1.807, 2.05) is 0 Å². The van der Waals surface area contributed by atoms with Gasteiger partial charge in [-0.2, -0.15) is 4.72 Å². The molecular weight excluding hydrogens is 320 g/mol. The zero-order chi connectivity index (χ0) is 17.1. The van der Waals surface area contributed by atoms with Crippen molar-refractivity contribution in [3.05, 3.63) is 70.3 Å². The molecule has 2 N–H and O–H groups in total. The Balaban J connectivity index is 2.47. The van der Waals surface area contributed by atoms with Gasteiger partial charge in [-0.1, -0.05) is 42.5 Å². The maximum atomic E-state index is 12.6. The van der Waals surface area contributed by atoms with E-state index in [0.717, 1.165) is 12.1 Å². The summed E-state index contributed by atoms with van der Waals surface area (Å²) in [6.07, 6.45) is 0. The molecule has 1 atom stereocenters. The molecule has 0 bridgehead atoms. The molecule has 2 aromatic carbocycles. The number of nitro groups is 1. The van der Waals surface area contributed by atoms with Crippen LogP contribution < -0.4 is 4.72 Å². The van der Waals surface area contributed by atoms with Crippen molar-refractivity contribution < 1.29 is 18.4 Å². The molecule has 2 rings (SSSR count). The summed E-state index contributed by atoms with van der Waals surface area (Å²) >= 11 is 0. The van der Waals surface area contributed by atoms with Gasteiger partial charge in [0.15, 0.2) is 4.90 Å². The largest absolute Gasteiger partial charge is 0.394 e. The Bertz CT molecular complexity index is 808. The number of para-hydroxylation sites is 1. The van der Waals surface area contributed by atoms with Crippen molar-refractivity contribution in [2.75, 3.05) is 6.61 Å². The Labute approximate surface area is 133 Å². The Morgan fingerprint density at radius 2 is 1.70 bits per heavy atom. The monoisotopic (exact) mass is 336 g/mol. The van der Waals surface area contributed by atoms with Crippen LogP contribution in [0.4, 0.5) is 5.69 Å². The first-order valence-corrected chi connectivity index (χ1v) is 8.22. The average molecular weight is 336 g/mol. The molecule has 0 saturated heterocycles. The summed E-state index contributed by atoms with van der Waals surface area (Å²) in [5.74, 6) is 0. The van der Waals surface area contributed by atoms with Crippen LogP contribution in [-0.2, 0) is 15.6 Å². The molecule has 0 aliphatic heterocycles. The van der Waals surface area contributed by atoms with Gasteiger partial charge in [-0.3, -0.25) is 10.1 Å². The third-order valence-corrected chi connectivity index (χ3v) is 5.08. The maximum Gasteiger partial charge on any atom is 0.289 e. The van der Waals surface area contributed by atoms with Crippen LogP contribution >= 0.6 is 0 Å². The smallest absolute Gasteiger partial charge is 0.289 e. The van der Waals surface area contributed by atoms with Gasteiger partial charge in [-0.05, 0) is 18.6 Å². The van der Waals surface area contributed by atoms with Gasteiger partial charge in [0.05, 0.1) is 17.1 Å². The van der Waals surface area contributed by atoms with Crippen LogP contribution in [0.5, 0.6) is 0 Å². The van der Waals surface area contributed by atoms with E-state index >= 15 is 0 Å². The number of sulfonamides is 1. The summed E-state index contributed by atoms with van der Waals surface area (Å²) < 4.78 is 27.5. The first kappa shape index (κ1) is 17.1. The molecule has 23 heavy (non-hydrogen) atoms. The van der Waals surface area contributed by atoms with E-state index in [1.165, 1.54) is 19.1 Å². The molecule has 8 heteroatoms. The first-order valence-electron chi connectivity index (χ1n) is 6.74. The highest BCUT2D eigenvalue weighted by atomic mass is 32.2. The predicted octanol–water partition coefficient (Wildman–Crippen LogP) is 1.78. The van der Waals surface area contributed by atoms with Gasteiger partial charge < -0.3 is 5.11 Å². The highest BCUT2D eigenvalue weighted by Gasteiger charge is 2.34. The average Bonchev–Trinajstić information content (AvgIpc) is 2.55. The van der Waals surface area contributed by atoms with E-state index < -0.39 is 37.7 Å². The van der Waals surface area contributed by atoms with Crippen LogP contribution in [0.1, 0.15) is 12.5 Å². The Morgan fingerprint density at radius 3 is 2.26 bits per heavy atom. The van der Waals surface area contributed by atoms with Crippen LogP contribution in [0, 0.1) is 10.1 Å². The lowest BCUT2D eigenvalue weighted by molar-refractivity contribution is -0.387. The molecule has 0 spiro atoms. The van der Waals surface area contributed by atoms with Crippen LogP contribution in [0.25, 0.3) is 0 Å². The fourth-order valence-electron chi connectivity index (χ4n) is 2.18. The number of nitrogens with one attached hydrogen (secondary N) is 1. The minimum atomic E-state index is -4.21. The van der Waals surface area contributed by atoms with Crippen molar-refractivity contribution >= 4 is 15.7 Å². The summed E-state index contributed by atoms with van der Waals surface area (Å²) in [5.41, 5.74) is -1.28. The molecule has 0 aliphatic rings. The quantitative estimate of drug-likeness (QED) is 0.617. The zero-order valence-corrected chi connectivity index (χ0v) is 13.2. The number of hydrogen-bond donors (Lipinski definition) is 2. The number of benzene rings is 2. The van der Waals surface area contributed by atoms with Crippen molar-refractivity contribution in [1.29, 1.82) is 0 Å². The summed E-state index contributed by atoms with van der Waals surface area (Å²) in [7, 11) is -4.21. The second kappa shape index (κ2) is 6.45. The van der Waals surface area contributed by atoms with E-state index in [-0.39, 0.29) is 0 Å². The first-order chi connectivity index (χ1) is 10.8. The van der Waals surface area contributed by atoms with E-state index in [9.17, 15) is 23.6 Å². The van der Waals surface area contributed by atoms with Crippen molar-refractivity contribution in [3.8, 4) is 0 Å². The molecule has 7 nitrogen and oxygen atoms in total. The Morgan fingerprint density at radius 1 is 1.13 bits per heavy atom. The van der Waals surface area contributed by atoms with E-state index in [2.05, 4.69) is 4.72 Å². The number of rotatable bonds is 6. The lowest BCUT2D eigenvalue weighted by Crippen LogP contribution is -2.46. The van der Waals surface area contributed by atoms with Crippen LogP contribution in [0.2, 0.25) is 0 Å². The Hall–Kier alpha value is -2.29. The number of nitro benzene ring substituents is 1. The highest BCUT2D eigenvalue weighted by molar-refractivity contribution is 7.89. The lowest BCUT2D eigenvalue weighted by Gasteiger charge is -2.28. The van der Waals surface area contributed by atoms with Crippen LogP contribution in [0.3, 0.4) is 0 Å². The molecule has 0 radical (unpaired) electrons. The van der Waals surface area contributed by atoms with Gasteiger partial charge in [0.25, 0.3) is 5.69 Å². The van der Waals surface area contributed by atoms with Gasteiger partial charge >= 0.3 is 0 Å². The molecule has 0 aromatic heterocycles. The molecule has 0 saturated carbocycles. The number of nitrogens with zero attached hydrogens (tertiary/aromatic N) is 1. The van der Waals surface area contributed by atoms with Gasteiger partial charge in [0.1, 0.15) is 0 Å². The van der Waals surface area contributed by atoms with Gasteiger partial charge in [-0.25, -0.2) is 8.42 Å².